The molecule has 0 N–H and O–H groups in total. The SMILES string of the molecule is CCc1noc(CSc2nc3sc4c(c3c(=O)n2-c2ccccc2)CCC(C)C4)n1. The van der Waals surface area contributed by atoms with Gasteiger partial charge >= 0.3 is 0 Å². The second-order valence-corrected chi connectivity index (χ2v) is 9.68. The molecule has 0 radical (unpaired) electrons. The molecule has 30 heavy (non-hydrogen) atoms. The van der Waals surface area contributed by atoms with Crippen molar-refractivity contribution in [1.29, 1.82) is 0 Å². The number of aryl methyl sites for hydroxylation is 2. The molecule has 3 aromatic heterocycles. The molecule has 3 heterocycles. The fraction of sp³-hybridized carbons (Fsp3) is 0.364. The van der Waals surface area contributed by atoms with Gasteiger partial charge in [-0.2, -0.15) is 4.98 Å². The molecule has 0 saturated carbocycles. The first kappa shape index (κ1) is 19.5. The number of fused-ring (bicyclic) bond motifs is 3. The van der Waals surface area contributed by atoms with Crippen LogP contribution in [-0.4, -0.2) is 19.7 Å². The highest BCUT2D eigenvalue weighted by molar-refractivity contribution is 7.98. The summed E-state index contributed by atoms with van der Waals surface area (Å²) in [5.74, 6) is 2.36. The molecule has 5 rings (SSSR count). The zero-order valence-electron chi connectivity index (χ0n) is 16.9. The van der Waals surface area contributed by atoms with Gasteiger partial charge in [0.2, 0.25) is 5.89 Å². The van der Waals surface area contributed by atoms with E-state index in [0.29, 0.717) is 28.5 Å². The summed E-state index contributed by atoms with van der Waals surface area (Å²) in [6.07, 6.45) is 3.84. The first-order valence-corrected chi connectivity index (χ1v) is 12.0. The quantitative estimate of drug-likeness (QED) is 0.329. The van der Waals surface area contributed by atoms with Crippen LogP contribution in [0.4, 0.5) is 0 Å². The van der Waals surface area contributed by atoms with E-state index in [2.05, 4.69) is 17.1 Å². The third-order valence-corrected chi connectivity index (χ3v) is 7.54. The maximum absolute atomic E-state index is 13.7. The van der Waals surface area contributed by atoms with Gasteiger partial charge < -0.3 is 4.52 Å². The molecule has 0 spiro atoms. The van der Waals surface area contributed by atoms with Crippen LogP contribution in [0.1, 0.15) is 42.4 Å². The van der Waals surface area contributed by atoms with E-state index in [1.807, 2.05) is 37.3 Å². The Hall–Kier alpha value is -2.45. The van der Waals surface area contributed by atoms with Crippen molar-refractivity contribution >= 4 is 33.3 Å². The molecule has 8 heteroatoms. The van der Waals surface area contributed by atoms with Crippen LogP contribution in [0.2, 0.25) is 0 Å². The van der Waals surface area contributed by atoms with Crippen molar-refractivity contribution in [2.45, 2.75) is 50.4 Å². The molecule has 0 bridgehead atoms. The average molecular weight is 439 g/mol. The van der Waals surface area contributed by atoms with Crippen molar-refractivity contribution in [3.8, 4) is 5.69 Å². The summed E-state index contributed by atoms with van der Waals surface area (Å²) < 4.78 is 7.06. The smallest absolute Gasteiger partial charge is 0.267 e. The van der Waals surface area contributed by atoms with Crippen molar-refractivity contribution in [3.05, 3.63) is 62.8 Å². The van der Waals surface area contributed by atoms with Gasteiger partial charge in [0.05, 0.1) is 16.8 Å². The van der Waals surface area contributed by atoms with Crippen LogP contribution in [-0.2, 0) is 25.0 Å². The van der Waals surface area contributed by atoms with Gasteiger partial charge in [-0.15, -0.1) is 11.3 Å². The van der Waals surface area contributed by atoms with Crippen molar-refractivity contribution in [2.24, 2.45) is 5.92 Å². The summed E-state index contributed by atoms with van der Waals surface area (Å²) in [7, 11) is 0. The van der Waals surface area contributed by atoms with Crippen molar-refractivity contribution < 1.29 is 4.52 Å². The number of hydrogen-bond acceptors (Lipinski definition) is 7. The lowest BCUT2D eigenvalue weighted by atomic mass is 9.89. The fourth-order valence-corrected chi connectivity index (χ4v) is 6.17. The Kier molecular flexibility index (Phi) is 5.20. The Balaban J connectivity index is 1.63. The zero-order valence-corrected chi connectivity index (χ0v) is 18.6. The number of nitrogens with zero attached hydrogens (tertiary/aromatic N) is 4. The minimum Gasteiger partial charge on any atom is -0.338 e. The number of hydrogen-bond donors (Lipinski definition) is 0. The van der Waals surface area contributed by atoms with Crippen LogP contribution in [0.5, 0.6) is 0 Å². The van der Waals surface area contributed by atoms with Crippen molar-refractivity contribution in [2.75, 3.05) is 0 Å². The molecule has 0 aliphatic heterocycles. The molecule has 6 nitrogen and oxygen atoms in total. The lowest BCUT2D eigenvalue weighted by molar-refractivity contribution is 0.385. The normalized spacial score (nSPS) is 16.1. The molecule has 1 unspecified atom stereocenters. The second-order valence-electron chi connectivity index (χ2n) is 7.65. The highest BCUT2D eigenvalue weighted by Gasteiger charge is 2.25. The van der Waals surface area contributed by atoms with Gasteiger partial charge in [-0.3, -0.25) is 9.36 Å². The van der Waals surface area contributed by atoms with E-state index >= 15 is 0 Å². The third-order valence-electron chi connectivity index (χ3n) is 5.46. The van der Waals surface area contributed by atoms with Gasteiger partial charge in [0.1, 0.15) is 4.83 Å². The summed E-state index contributed by atoms with van der Waals surface area (Å²) >= 11 is 3.13. The number of benzene rings is 1. The highest BCUT2D eigenvalue weighted by Crippen LogP contribution is 2.37. The predicted octanol–water partition coefficient (Wildman–Crippen LogP) is 4.81. The first-order valence-electron chi connectivity index (χ1n) is 10.2. The third kappa shape index (κ3) is 3.48. The summed E-state index contributed by atoms with van der Waals surface area (Å²) in [4.78, 5) is 25.2. The zero-order chi connectivity index (χ0) is 20.7. The molecule has 4 aromatic rings. The summed E-state index contributed by atoms with van der Waals surface area (Å²) in [5, 5.41) is 5.41. The number of rotatable bonds is 5. The summed E-state index contributed by atoms with van der Waals surface area (Å²) in [6, 6.07) is 9.72. The lowest BCUT2D eigenvalue weighted by Crippen LogP contribution is -2.22. The van der Waals surface area contributed by atoms with Crippen molar-refractivity contribution in [1.82, 2.24) is 19.7 Å². The van der Waals surface area contributed by atoms with Gasteiger partial charge in [-0.05, 0) is 42.9 Å². The Labute approximate surface area is 182 Å². The summed E-state index contributed by atoms with van der Waals surface area (Å²) in [6.45, 7) is 4.27. The van der Waals surface area contributed by atoms with Gasteiger partial charge in [0, 0.05) is 11.3 Å². The molecule has 0 amide bonds. The maximum Gasteiger partial charge on any atom is 0.267 e. The van der Waals surface area contributed by atoms with Crippen LogP contribution in [0, 0.1) is 5.92 Å². The lowest BCUT2D eigenvalue weighted by Gasteiger charge is -2.17. The Bertz CT molecular complexity index is 1260. The molecule has 1 aliphatic rings. The monoisotopic (exact) mass is 438 g/mol. The van der Waals surface area contributed by atoms with Gasteiger partial charge in [-0.1, -0.05) is 49.0 Å². The highest BCUT2D eigenvalue weighted by atomic mass is 32.2. The van der Waals surface area contributed by atoms with Crippen LogP contribution in [0.25, 0.3) is 15.9 Å². The Morgan fingerprint density at radius 1 is 1.27 bits per heavy atom. The molecular formula is C22H22N4O2S2. The van der Waals surface area contributed by atoms with Crippen LogP contribution in [0.15, 0.2) is 44.8 Å². The minimum absolute atomic E-state index is 0.0144. The molecule has 0 saturated heterocycles. The molecule has 154 valence electrons. The number of para-hydroxylation sites is 1. The van der Waals surface area contributed by atoms with Gasteiger partial charge in [0.15, 0.2) is 11.0 Å². The Morgan fingerprint density at radius 2 is 2.10 bits per heavy atom. The molecule has 1 atom stereocenters. The fourth-order valence-electron chi connectivity index (χ4n) is 3.89. The summed E-state index contributed by atoms with van der Waals surface area (Å²) in [5.41, 5.74) is 2.04. The number of thiophene rings is 1. The number of aromatic nitrogens is 4. The molecule has 1 aliphatic carbocycles. The first-order chi connectivity index (χ1) is 14.6. The predicted molar refractivity (Wildman–Crippen MR) is 120 cm³/mol. The molecular weight excluding hydrogens is 416 g/mol. The Morgan fingerprint density at radius 3 is 2.87 bits per heavy atom. The molecule has 1 aromatic carbocycles. The average Bonchev–Trinajstić information content (AvgIpc) is 3.36. The van der Waals surface area contributed by atoms with Crippen LogP contribution >= 0.6 is 23.1 Å². The van der Waals surface area contributed by atoms with Crippen LogP contribution in [0.3, 0.4) is 0 Å². The standard InChI is InChI=1S/C22H22N4O2S2/c1-3-17-23-18(28-25-17)12-29-22-24-20-19(15-10-9-13(2)11-16(15)30-20)21(27)26(22)14-7-5-4-6-8-14/h4-8,13H,3,9-12H2,1-2H3. The van der Waals surface area contributed by atoms with E-state index in [-0.39, 0.29) is 5.56 Å². The van der Waals surface area contributed by atoms with E-state index in [1.54, 1.807) is 15.9 Å². The van der Waals surface area contributed by atoms with E-state index in [0.717, 1.165) is 41.6 Å². The van der Waals surface area contributed by atoms with E-state index in [9.17, 15) is 4.79 Å². The number of thioether (sulfide) groups is 1. The minimum atomic E-state index is 0.0144. The van der Waals surface area contributed by atoms with Crippen molar-refractivity contribution in [3.63, 3.8) is 0 Å². The van der Waals surface area contributed by atoms with Crippen LogP contribution < -0.4 is 5.56 Å². The van der Waals surface area contributed by atoms with E-state index in [4.69, 9.17) is 9.51 Å². The maximum atomic E-state index is 13.7. The van der Waals surface area contributed by atoms with Gasteiger partial charge in [-0.25, -0.2) is 4.98 Å². The topological polar surface area (TPSA) is 73.8 Å². The van der Waals surface area contributed by atoms with E-state index in [1.165, 1.54) is 22.2 Å². The second kappa shape index (κ2) is 8.00. The molecule has 0 fully saturated rings. The van der Waals surface area contributed by atoms with Gasteiger partial charge in [0.25, 0.3) is 5.56 Å². The largest absolute Gasteiger partial charge is 0.338 e. The van der Waals surface area contributed by atoms with E-state index < -0.39 is 0 Å².